The third-order valence-corrected chi connectivity index (χ3v) is 12.5. The van der Waals surface area contributed by atoms with E-state index in [1.165, 1.54) is 117 Å². The molecule has 0 aromatic carbocycles. The van der Waals surface area contributed by atoms with E-state index in [2.05, 4.69) is 116 Å². The molecule has 0 bridgehead atoms. The van der Waals surface area contributed by atoms with Gasteiger partial charge in [0, 0.05) is 19.5 Å². The zero-order chi connectivity index (χ0) is 38.0. The summed E-state index contributed by atoms with van der Waals surface area (Å²) in [5.74, 6) is 3.61. The molecular weight excluding hydrogens is 615 g/mol. The first kappa shape index (κ1) is 47.3. The first-order valence-electron chi connectivity index (χ1n) is 21.1. The Morgan fingerprint density at radius 3 is 1.08 bits per heavy atom. The van der Waals surface area contributed by atoms with Gasteiger partial charge in [-0.3, -0.25) is 0 Å². The molecule has 0 aromatic heterocycles. The molecule has 0 unspecified atom stereocenters. The van der Waals surface area contributed by atoms with Crippen molar-refractivity contribution in [2.75, 3.05) is 78.6 Å². The number of aliphatic hydroxyl groups is 1. The number of rotatable bonds is 6. The molecule has 4 aliphatic rings. The van der Waals surface area contributed by atoms with E-state index in [0.717, 1.165) is 36.8 Å². The molecule has 4 saturated heterocycles. The maximum atomic E-state index is 8.80. The second-order valence-corrected chi connectivity index (χ2v) is 20.5. The van der Waals surface area contributed by atoms with Crippen molar-refractivity contribution in [3.8, 4) is 6.07 Å². The first-order chi connectivity index (χ1) is 23.2. The molecule has 0 aliphatic carbocycles. The molecule has 4 fully saturated rings. The van der Waals surface area contributed by atoms with Gasteiger partial charge in [-0.25, -0.2) is 0 Å². The number of hydrogen-bond acceptors (Lipinski definition) is 6. The van der Waals surface area contributed by atoms with Crippen LogP contribution in [0.15, 0.2) is 0 Å². The van der Waals surface area contributed by atoms with Crippen LogP contribution in [0, 0.1) is 56.7 Å². The fraction of sp³-hybridized carbons (Fsp3) is 0.977. The van der Waals surface area contributed by atoms with Gasteiger partial charge < -0.3 is 25.1 Å². The van der Waals surface area contributed by atoms with Gasteiger partial charge in [-0.2, -0.15) is 5.26 Å². The lowest BCUT2D eigenvalue weighted by atomic mass is 9.75. The highest BCUT2D eigenvalue weighted by atomic mass is 16.3. The van der Waals surface area contributed by atoms with Crippen LogP contribution in [0.2, 0.25) is 0 Å². The molecule has 50 heavy (non-hydrogen) atoms. The Labute approximate surface area is 313 Å². The summed E-state index contributed by atoms with van der Waals surface area (Å²) in [7, 11) is 0. The van der Waals surface area contributed by atoms with Crippen LogP contribution < -0.4 is 5.32 Å². The van der Waals surface area contributed by atoms with Gasteiger partial charge in [0.1, 0.15) is 0 Å². The normalized spacial score (nSPS) is 21.9. The first-order valence-corrected chi connectivity index (χ1v) is 21.1. The Kier molecular flexibility index (Phi) is 21.9. The summed E-state index contributed by atoms with van der Waals surface area (Å²) in [4.78, 5) is 7.40. The van der Waals surface area contributed by atoms with Crippen LogP contribution in [-0.4, -0.2) is 98.4 Å². The van der Waals surface area contributed by atoms with Gasteiger partial charge in [0.05, 0.1) is 12.7 Å². The average Bonchev–Trinajstić information content (AvgIpc) is 3.05. The molecule has 0 saturated carbocycles. The largest absolute Gasteiger partial charge is 0.395 e. The zero-order valence-electron chi connectivity index (χ0n) is 36.1. The number of piperidine rings is 4. The highest BCUT2D eigenvalue weighted by Gasteiger charge is 2.30. The lowest BCUT2D eigenvalue weighted by Gasteiger charge is -2.38. The predicted octanol–water partition coefficient (Wildman–Crippen LogP) is 9.58. The van der Waals surface area contributed by atoms with E-state index in [1.54, 1.807) is 0 Å². The minimum Gasteiger partial charge on any atom is -0.395 e. The predicted molar refractivity (Wildman–Crippen MR) is 219 cm³/mol. The monoisotopic (exact) mass is 704 g/mol. The fourth-order valence-corrected chi connectivity index (χ4v) is 8.42. The van der Waals surface area contributed by atoms with Gasteiger partial charge in [0.15, 0.2) is 0 Å². The summed E-state index contributed by atoms with van der Waals surface area (Å²) >= 11 is 0. The molecule has 0 aromatic rings. The SMILES string of the molecule is CC(C)(C)C1CCN(CCC#N)CC1.CC(C)(C)C1CCN(CCO)CC1.CC(C)(C)C1CCNCC1.CCCN1CCC(C(C)(C)C)CC1. The molecule has 0 spiro atoms. The van der Waals surface area contributed by atoms with Gasteiger partial charge in [-0.05, 0) is 162 Å². The topological polar surface area (TPSA) is 65.8 Å². The number of likely N-dealkylation sites (tertiary alicyclic amines) is 3. The quantitative estimate of drug-likeness (QED) is 0.287. The Bertz CT molecular complexity index is 836. The number of aliphatic hydroxyl groups excluding tert-OH is 1. The molecule has 4 heterocycles. The molecule has 0 atom stereocenters. The van der Waals surface area contributed by atoms with E-state index in [-0.39, 0.29) is 0 Å². The van der Waals surface area contributed by atoms with Crippen molar-refractivity contribution < 1.29 is 5.11 Å². The van der Waals surface area contributed by atoms with E-state index >= 15 is 0 Å². The number of nitrogens with one attached hydrogen (secondary N) is 1. The minimum absolute atomic E-state index is 0.306. The molecule has 0 amide bonds. The second-order valence-electron chi connectivity index (χ2n) is 20.5. The molecular formula is C44H89N5O. The number of nitrogens with zero attached hydrogens (tertiary/aromatic N) is 4. The Morgan fingerprint density at radius 1 is 0.520 bits per heavy atom. The van der Waals surface area contributed by atoms with Crippen molar-refractivity contribution in [3.05, 3.63) is 0 Å². The van der Waals surface area contributed by atoms with Crippen LogP contribution >= 0.6 is 0 Å². The van der Waals surface area contributed by atoms with Gasteiger partial charge in [0.2, 0.25) is 0 Å². The van der Waals surface area contributed by atoms with Crippen LogP contribution in [0.3, 0.4) is 0 Å². The van der Waals surface area contributed by atoms with E-state index in [4.69, 9.17) is 10.4 Å². The van der Waals surface area contributed by atoms with Crippen LogP contribution in [0.1, 0.15) is 154 Å². The molecule has 4 rings (SSSR count). The van der Waals surface area contributed by atoms with E-state index < -0.39 is 0 Å². The zero-order valence-corrected chi connectivity index (χ0v) is 36.1. The molecule has 6 nitrogen and oxygen atoms in total. The highest BCUT2D eigenvalue weighted by Crippen LogP contribution is 2.36. The van der Waals surface area contributed by atoms with Crippen molar-refractivity contribution >= 4 is 0 Å². The summed E-state index contributed by atoms with van der Waals surface area (Å²) in [6.45, 7) is 43.7. The minimum atomic E-state index is 0.306. The molecule has 296 valence electrons. The standard InChI is InChI=1S/C12H22N2.C12H25N.C11H23NO.C9H19N/c1-12(2,3)11-5-9-14(10-6-11)8-4-7-13;1-5-8-13-9-6-11(7-10-13)12(2,3)4;1-11(2,3)10-4-6-12(7-5-10)8-9-13;1-9(2,3)8-4-6-10-7-5-8/h11H,4-6,8-10H2,1-3H3;11H,5-10H2,1-4H3;10,13H,4-9H2,1-3H3;8,10H,4-7H2,1-3H3. The third kappa shape index (κ3) is 19.9. The van der Waals surface area contributed by atoms with Crippen molar-refractivity contribution in [2.24, 2.45) is 45.3 Å². The highest BCUT2D eigenvalue weighted by molar-refractivity contribution is 4.83. The van der Waals surface area contributed by atoms with Crippen molar-refractivity contribution in [1.82, 2.24) is 20.0 Å². The summed E-state index contributed by atoms with van der Waals surface area (Å²) in [5.41, 5.74) is 1.98. The Hall–Kier alpha value is -0.710. The van der Waals surface area contributed by atoms with Crippen LogP contribution in [-0.2, 0) is 0 Å². The Balaban J connectivity index is 0.000000335. The van der Waals surface area contributed by atoms with Gasteiger partial charge in [-0.15, -0.1) is 0 Å². The van der Waals surface area contributed by atoms with Crippen molar-refractivity contribution in [1.29, 1.82) is 5.26 Å². The summed E-state index contributed by atoms with van der Waals surface area (Å²) in [6.07, 6.45) is 12.7. The van der Waals surface area contributed by atoms with Crippen LogP contribution in [0.4, 0.5) is 0 Å². The third-order valence-electron chi connectivity index (χ3n) is 12.5. The number of hydrogen-bond donors (Lipinski definition) is 2. The number of β-amino-alcohol motifs (C(OH)–C–C–N with tert-alkyl or cyclic N) is 1. The van der Waals surface area contributed by atoms with Crippen molar-refractivity contribution in [2.45, 2.75) is 154 Å². The van der Waals surface area contributed by atoms with Gasteiger partial charge >= 0.3 is 0 Å². The summed E-state index contributed by atoms with van der Waals surface area (Å²) in [5, 5.41) is 20.7. The fourth-order valence-electron chi connectivity index (χ4n) is 8.42. The molecule has 2 N–H and O–H groups in total. The molecule has 4 aliphatic heterocycles. The molecule has 6 heteroatoms. The van der Waals surface area contributed by atoms with E-state index in [1.807, 2.05) is 0 Å². The molecule has 0 radical (unpaired) electrons. The Morgan fingerprint density at radius 2 is 0.820 bits per heavy atom. The summed E-state index contributed by atoms with van der Waals surface area (Å²) in [6, 6.07) is 2.21. The van der Waals surface area contributed by atoms with Gasteiger partial charge in [-0.1, -0.05) is 90.0 Å². The van der Waals surface area contributed by atoms with E-state index in [9.17, 15) is 0 Å². The van der Waals surface area contributed by atoms with Gasteiger partial charge in [0.25, 0.3) is 0 Å². The number of nitriles is 1. The average molecular weight is 704 g/mol. The maximum Gasteiger partial charge on any atom is 0.0635 e. The van der Waals surface area contributed by atoms with Crippen molar-refractivity contribution in [3.63, 3.8) is 0 Å². The smallest absolute Gasteiger partial charge is 0.0635 e. The summed E-state index contributed by atoms with van der Waals surface area (Å²) < 4.78 is 0. The van der Waals surface area contributed by atoms with Crippen LogP contribution in [0.5, 0.6) is 0 Å². The lowest BCUT2D eigenvalue weighted by molar-refractivity contribution is 0.0978. The second kappa shape index (κ2) is 23.2. The lowest BCUT2D eigenvalue weighted by Crippen LogP contribution is -2.39. The van der Waals surface area contributed by atoms with E-state index in [0.29, 0.717) is 34.7 Å². The van der Waals surface area contributed by atoms with Crippen LogP contribution in [0.25, 0.3) is 0 Å². The maximum absolute atomic E-state index is 8.80.